The van der Waals surface area contributed by atoms with Crippen molar-refractivity contribution in [2.75, 3.05) is 22.5 Å². The molecule has 0 fully saturated rings. The molecule has 0 saturated carbocycles. The third-order valence-corrected chi connectivity index (χ3v) is 3.38. The van der Waals surface area contributed by atoms with Crippen LogP contribution in [0.1, 0.15) is 30.6 Å². The fourth-order valence-corrected chi connectivity index (χ4v) is 2.06. The van der Waals surface area contributed by atoms with Crippen LogP contribution in [0, 0.1) is 0 Å². The van der Waals surface area contributed by atoms with Crippen molar-refractivity contribution < 1.29 is 9.59 Å². The Morgan fingerprint density at radius 1 is 1.12 bits per heavy atom. The predicted octanol–water partition coefficient (Wildman–Crippen LogP) is 3.16. The molecule has 1 heterocycles. The quantitative estimate of drug-likeness (QED) is 0.746. The molecular formula is C16H18ClN5O2. The molecule has 3 N–H and O–H groups in total. The Labute approximate surface area is 144 Å². The summed E-state index contributed by atoms with van der Waals surface area (Å²) >= 11 is 6.12. The van der Waals surface area contributed by atoms with E-state index >= 15 is 0 Å². The van der Waals surface area contributed by atoms with Gasteiger partial charge in [0, 0.05) is 31.0 Å². The molecule has 0 aliphatic carbocycles. The predicted molar refractivity (Wildman–Crippen MR) is 94.5 cm³/mol. The molecule has 2 rings (SSSR count). The summed E-state index contributed by atoms with van der Waals surface area (Å²) in [7, 11) is 0. The number of hydrogen-bond donors (Lipinski definition) is 3. The van der Waals surface area contributed by atoms with E-state index in [0.717, 1.165) is 0 Å². The van der Waals surface area contributed by atoms with E-state index in [1.807, 2.05) is 6.92 Å². The van der Waals surface area contributed by atoms with Crippen molar-refractivity contribution in [3.05, 3.63) is 41.2 Å². The van der Waals surface area contributed by atoms with Crippen LogP contribution in [0.5, 0.6) is 0 Å². The average Bonchev–Trinajstić information content (AvgIpc) is 2.58. The Bertz CT molecular complexity index is 734. The normalized spacial score (nSPS) is 10.1. The van der Waals surface area contributed by atoms with Gasteiger partial charge in [0.2, 0.25) is 11.9 Å². The SMILES string of the molecule is CCNc1ncc(C(=O)Nc2ccc(NC(=O)CC)c(Cl)c2)cn1. The van der Waals surface area contributed by atoms with Gasteiger partial charge < -0.3 is 16.0 Å². The number of halogens is 1. The summed E-state index contributed by atoms with van der Waals surface area (Å²) in [6.45, 7) is 4.38. The van der Waals surface area contributed by atoms with Gasteiger partial charge in [-0.1, -0.05) is 18.5 Å². The summed E-state index contributed by atoms with van der Waals surface area (Å²) in [5.74, 6) is -0.0146. The van der Waals surface area contributed by atoms with Crippen LogP contribution >= 0.6 is 11.6 Å². The summed E-state index contributed by atoms with van der Waals surface area (Å²) in [5, 5.41) is 8.68. The van der Waals surface area contributed by atoms with Crippen molar-refractivity contribution in [3.8, 4) is 0 Å². The van der Waals surface area contributed by atoms with Gasteiger partial charge in [-0.05, 0) is 25.1 Å². The smallest absolute Gasteiger partial charge is 0.258 e. The summed E-state index contributed by atoms with van der Waals surface area (Å²) in [6.07, 6.45) is 3.24. The monoisotopic (exact) mass is 347 g/mol. The lowest BCUT2D eigenvalue weighted by Crippen LogP contribution is -2.14. The Balaban J connectivity index is 2.06. The zero-order chi connectivity index (χ0) is 17.5. The minimum absolute atomic E-state index is 0.133. The number of rotatable bonds is 6. The maximum atomic E-state index is 12.2. The molecule has 1 aromatic carbocycles. The van der Waals surface area contributed by atoms with E-state index in [1.165, 1.54) is 12.4 Å². The van der Waals surface area contributed by atoms with Crippen LogP contribution in [0.4, 0.5) is 17.3 Å². The number of nitrogens with zero attached hydrogens (tertiary/aromatic N) is 2. The largest absolute Gasteiger partial charge is 0.355 e. The van der Waals surface area contributed by atoms with Gasteiger partial charge in [0.1, 0.15) is 0 Å². The highest BCUT2D eigenvalue weighted by molar-refractivity contribution is 6.34. The molecule has 24 heavy (non-hydrogen) atoms. The Morgan fingerprint density at radius 2 is 1.83 bits per heavy atom. The molecule has 0 aliphatic rings. The number of amides is 2. The molecule has 0 aliphatic heterocycles. The van der Waals surface area contributed by atoms with Gasteiger partial charge in [-0.15, -0.1) is 0 Å². The molecule has 0 radical (unpaired) electrons. The van der Waals surface area contributed by atoms with Gasteiger partial charge in [0.05, 0.1) is 16.3 Å². The van der Waals surface area contributed by atoms with Crippen molar-refractivity contribution in [1.29, 1.82) is 0 Å². The Kier molecular flexibility index (Phi) is 6.08. The molecular weight excluding hydrogens is 330 g/mol. The summed E-state index contributed by atoms with van der Waals surface area (Å²) in [5.41, 5.74) is 1.34. The first kappa shape index (κ1) is 17.7. The number of carbonyl (C=O) groups is 2. The molecule has 0 unspecified atom stereocenters. The summed E-state index contributed by atoms with van der Waals surface area (Å²) in [6, 6.07) is 4.86. The van der Waals surface area contributed by atoms with E-state index in [0.29, 0.717) is 40.9 Å². The second-order valence-electron chi connectivity index (χ2n) is 4.88. The van der Waals surface area contributed by atoms with Gasteiger partial charge >= 0.3 is 0 Å². The second-order valence-corrected chi connectivity index (χ2v) is 5.28. The fourth-order valence-electron chi connectivity index (χ4n) is 1.83. The number of hydrogen-bond acceptors (Lipinski definition) is 5. The molecule has 0 bridgehead atoms. The van der Waals surface area contributed by atoms with Crippen LogP contribution in [0.15, 0.2) is 30.6 Å². The Hall–Kier alpha value is -2.67. The van der Waals surface area contributed by atoms with Crippen LogP contribution in [0.2, 0.25) is 5.02 Å². The van der Waals surface area contributed by atoms with E-state index in [2.05, 4.69) is 25.9 Å². The molecule has 0 spiro atoms. The van der Waals surface area contributed by atoms with Crippen LogP contribution in [-0.4, -0.2) is 28.3 Å². The molecule has 0 saturated heterocycles. The van der Waals surface area contributed by atoms with Crippen molar-refractivity contribution in [2.45, 2.75) is 20.3 Å². The molecule has 0 atom stereocenters. The van der Waals surface area contributed by atoms with Crippen LogP contribution in [0.3, 0.4) is 0 Å². The van der Waals surface area contributed by atoms with E-state index in [4.69, 9.17) is 11.6 Å². The van der Waals surface area contributed by atoms with Gasteiger partial charge in [-0.2, -0.15) is 0 Å². The average molecular weight is 348 g/mol. The molecule has 2 aromatic rings. The van der Waals surface area contributed by atoms with Gasteiger partial charge in [-0.25, -0.2) is 9.97 Å². The number of nitrogens with one attached hydrogen (secondary N) is 3. The van der Waals surface area contributed by atoms with Gasteiger partial charge in [-0.3, -0.25) is 9.59 Å². The highest BCUT2D eigenvalue weighted by Gasteiger charge is 2.10. The van der Waals surface area contributed by atoms with Gasteiger partial charge in [0.15, 0.2) is 0 Å². The lowest BCUT2D eigenvalue weighted by molar-refractivity contribution is -0.115. The minimum atomic E-state index is -0.348. The molecule has 2 amide bonds. The first-order valence-electron chi connectivity index (χ1n) is 7.50. The molecule has 7 nitrogen and oxygen atoms in total. The zero-order valence-electron chi connectivity index (χ0n) is 13.4. The number of anilines is 3. The summed E-state index contributed by atoms with van der Waals surface area (Å²) in [4.78, 5) is 31.7. The molecule has 8 heteroatoms. The highest BCUT2D eigenvalue weighted by Crippen LogP contribution is 2.26. The minimum Gasteiger partial charge on any atom is -0.355 e. The standard InChI is InChI=1S/C16H18ClN5O2/c1-3-14(23)22-13-6-5-11(7-12(13)17)21-15(24)10-8-19-16(18-4-2)20-9-10/h5-9H,3-4H2,1-2H3,(H,21,24)(H,22,23)(H,18,19,20). The maximum Gasteiger partial charge on any atom is 0.258 e. The Morgan fingerprint density at radius 3 is 2.42 bits per heavy atom. The third-order valence-electron chi connectivity index (χ3n) is 3.07. The van der Waals surface area contributed by atoms with Crippen LogP contribution in [-0.2, 0) is 4.79 Å². The lowest BCUT2D eigenvalue weighted by atomic mass is 10.2. The first-order valence-corrected chi connectivity index (χ1v) is 7.88. The van der Waals surface area contributed by atoms with Crippen LogP contribution < -0.4 is 16.0 Å². The van der Waals surface area contributed by atoms with E-state index < -0.39 is 0 Å². The number of carbonyl (C=O) groups excluding carboxylic acids is 2. The first-order chi connectivity index (χ1) is 11.5. The van der Waals surface area contributed by atoms with Gasteiger partial charge in [0.25, 0.3) is 5.91 Å². The maximum absolute atomic E-state index is 12.2. The van der Waals surface area contributed by atoms with Crippen molar-refractivity contribution in [2.24, 2.45) is 0 Å². The van der Waals surface area contributed by atoms with E-state index in [1.54, 1.807) is 25.1 Å². The van der Waals surface area contributed by atoms with Crippen LogP contribution in [0.25, 0.3) is 0 Å². The zero-order valence-corrected chi connectivity index (χ0v) is 14.1. The number of benzene rings is 1. The fraction of sp³-hybridized carbons (Fsp3) is 0.250. The third kappa shape index (κ3) is 4.66. The second kappa shape index (κ2) is 8.26. The number of aromatic nitrogens is 2. The molecule has 126 valence electrons. The van der Waals surface area contributed by atoms with Crippen molar-refractivity contribution in [3.63, 3.8) is 0 Å². The topological polar surface area (TPSA) is 96.0 Å². The summed E-state index contributed by atoms with van der Waals surface area (Å²) < 4.78 is 0. The highest BCUT2D eigenvalue weighted by atomic mass is 35.5. The molecule has 1 aromatic heterocycles. The van der Waals surface area contributed by atoms with E-state index in [-0.39, 0.29) is 11.8 Å². The van der Waals surface area contributed by atoms with Crippen molar-refractivity contribution >= 4 is 40.7 Å². The van der Waals surface area contributed by atoms with E-state index in [9.17, 15) is 9.59 Å². The lowest BCUT2D eigenvalue weighted by Gasteiger charge is -2.09. The van der Waals surface area contributed by atoms with Crippen molar-refractivity contribution in [1.82, 2.24) is 9.97 Å².